The van der Waals surface area contributed by atoms with Crippen LogP contribution >= 0.6 is 0 Å². The Bertz CT molecular complexity index is 495. The van der Waals surface area contributed by atoms with Gasteiger partial charge in [-0.1, -0.05) is 17.2 Å². The molecule has 2 rings (SSSR count). The molecule has 18 heavy (non-hydrogen) atoms. The van der Waals surface area contributed by atoms with E-state index in [4.69, 9.17) is 4.74 Å². The van der Waals surface area contributed by atoms with Crippen molar-refractivity contribution in [1.29, 1.82) is 0 Å². The predicted octanol–water partition coefficient (Wildman–Crippen LogP) is 0.780. The third kappa shape index (κ3) is 3.27. The lowest BCUT2D eigenvalue weighted by molar-refractivity contribution is -0.116. The average molecular weight is 247 g/mol. The van der Waals surface area contributed by atoms with Crippen LogP contribution in [0, 0.1) is 0 Å². The van der Waals surface area contributed by atoms with Crippen molar-refractivity contribution in [3.8, 4) is 5.75 Å². The highest BCUT2D eigenvalue weighted by Gasteiger charge is 2.05. The molecule has 1 amide bonds. The van der Waals surface area contributed by atoms with E-state index >= 15 is 0 Å². The van der Waals surface area contributed by atoms with E-state index in [9.17, 15) is 4.79 Å². The Morgan fingerprint density at radius 3 is 2.78 bits per heavy atom. The Labute approximate surface area is 104 Å². The largest absolute Gasteiger partial charge is 0.497 e. The first-order chi connectivity index (χ1) is 8.78. The summed E-state index contributed by atoms with van der Waals surface area (Å²) in [6.07, 6.45) is 1.01. The molecule has 2 N–H and O–H groups in total. The summed E-state index contributed by atoms with van der Waals surface area (Å²) in [4.78, 5) is 11.5. The van der Waals surface area contributed by atoms with E-state index in [1.807, 2.05) is 24.3 Å². The normalized spacial score (nSPS) is 10.1. The Kier molecular flexibility index (Phi) is 3.85. The quantitative estimate of drug-likeness (QED) is 0.814. The SMILES string of the molecule is COc1ccc(CCC(=O)Nc2nn[nH]n2)cc1. The molecule has 0 saturated heterocycles. The maximum Gasteiger partial charge on any atom is 0.269 e. The second-order valence-electron chi connectivity index (χ2n) is 3.63. The Morgan fingerprint density at radius 1 is 1.39 bits per heavy atom. The van der Waals surface area contributed by atoms with Crippen molar-refractivity contribution in [2.24, 2.45) is 0 Å². The number of H-pyrrole nitrogens is 1. The van der Waals surface area contributed by atoms with Gasteiger partial charge < -0.3 is 4.74 Å². The number of aromatic nitrogens is 4. The first-order valence-electron chi connectivity index (χ1n) is 5.44. The minimum absolute atomic E-state index is 0.146. The number of hydrogen-bond acceptors (Lipinski definition) is 5. The van der Waals surface area contributed by atoms with E-state index in [0.717, 1.165) is 11.3 Å². The lowest BCUT2D eigenvalue weighted by Gasteiger charge is -2.03. The molecule has 0 unspecified atom stereocenters. The molecule has 7 heteroatoms. The van der Waals surface area contributed by atoms with Gasteiger partial charge in [0.15, 0.2) is 0 Å². The van der Waals surface area contributed by atoms with Gasteiger partial charge in [0.1, 0.15) is 5.75 Å². The molecule has 1 heterocycles. The first-order valence-corrected chi connectivity index (χ1v) is 5.44. The van der Waals surface area contributed by atoms with Crippen molar-refractivity contribution in [2.45, 2.75) is 12.8 Å². The Morgan fingerprint density at radius 2 is 2.17 bits per heavy atom. The number of carbonyl (C=O) groups excluding carboxylic acids is 1. The number of hydrogen-bond donors (Lipinski definition) is 2. The number of aromatic amines is 1. The van der Waals surface area contributed by atoms with E-state index in [1.165, 1.54) is 0 Å². The fourth-order valence-electron chi connectivity index (χ4n) is 1.45. The van der Waals surface area contributed by atoms with Crippen LogP contribution in [0.1, 0.15) is 12.0 Å². The highest BCUT2D eigenvalue weighted by molar-refractivity contribution is 5.88. The van der Waals surface area contributed by atoms with Crippen molar-refractivity contribution in [2.75, 3.05) is 12.4 Å². The van der Waals surface area contributed by atoms with Crippen molar-refractivity contribution in [3.63, 3.8) is 0 Å². The van der Waals surface area contributed by atoms with Crippen molar-refractivity contribution in [1.82, 2.24) is 20.6 Å². The molecule has 0 aliphatic heterocycles. The van der Waals surface area contributed by atoms with Crippen molar-refractivity contribution < 1.29 is 9.53 Å². The van der Waals surface area contributed by atoms with Gasteiger partial charge in [-0.25, -0.2) is 0 Å². The number of carbonyl (C=O) groups is 1. The number of nitrogens with zero attached hydrogens (tertiary/aromatic N) is 3. The molecule has 0 spiro atoms. The number of aryl methyl sites for hydroxylation is 1. The van der Waals surface area contributed by atoms with Crippen LogP contribution in [0.4, 0.5) is 5.95 Å². The second kappa shape index (κ2) is 5.76. The number of nitrogens with one attached hydrogen (secondary N) is 2. The lowest BCUT2D eigenvalue weighted by atomic mass is 10.1. The summed E-state index contributed by atoms with van der Waals surface area (Å²) in [5.41, 5.74) is 1.07. The molecule has 0 radical (unpaired) electrons. The summed E-state index contributed by atoms with van der Waals surface area (Å²) in [5.74, 6) is 0.844. The smallest absolute Gasteiger partial charge is 0.269 e. The van der Waals surface area contributed by atoms with E-state index in [-0.39, 0.29) is 11.9 Å². The van der Waals surface area contributed by atoms with Crippen LogP contribution in [0.3, 0.4) is 0 Å². The van der Waals surface area contributed by atoms with E-state index in [0.29, 0.717) is 12.8 Å². The van der Waals surface area contributed by atoms with Gasteiger partial charge in [0.05, 0.1) is 7.11 Å². The van der Waals surface area contributed by atoms with Gasteiger partial charge in [-0.3, -0.25) is 10.1 Å². The molecular weight excluding hydrogens is 234 g/mol. The number of anilines is 1. The monoisotopic (exact) mass is 247 g/mol. The van der Waals surface area contributed by atoms with Crippen molar-refractivity contribution >= 4 is 11.9 Å². The van der Waals surface area contributed by atoms with E-state index < -0.39 is 0 Å². The molecule has 0 fully saturated rings. The van der Waals surface area contributed by atoms with Crippen LogP contribution in [-0.4, -0.2) is 33.6 Å². The van der Waals surface area contributed by atoms with Gasteiger partial charge >= 0.3 is 0 Å². The number of ether oxygens (including phenoxy) is 1. The first kappa shape index (κ1) is 12.0. The van der Waals surface area contributed by atoms with Gasteiger partial charge in [0, 0.05) is 6.42 Å². The van der Waals surface area contributed by atoms with Gasteiger partial charge in [0.2, 0.25) is 5.91 Å². The molecule has 0 aliphatic rings. The fraction of sp³-hybridized carbons (Fsp3) is 0.273. The molecule has 94 valence electrons. The minimum atomic E-state index is -0.146. The van der Waals surface area contributed by atoms with Crippen LogP contribution in [0.25, 0.3) is 0 Å². The molecule has 0 atom stereocenters. The van der Waals surface area contributed by atoms with Gasteiger partial charge in [-0.05, 0) is 29.3 Å². The van der Waals surface area contributed by atoms with Crippen LogP contribution in [0.15, 0.2) is 24.3 Å². The molecule has 7 nitrogen and oxygen atoms in total. The third-order valence-electron chi connectivity index (χ3n) is 2.40. The minimum Gasteiger partial charge on any atom is -0.497 e. The Hall–Kier alpha value is -2.44. The maximum atomic E-state index is 11.5. The van der Waals surface area contributed by atoms with E-state index in [1.54, 1.807) is 7.11 Å². The Balaban J connectivity index is 1.81. The van der Waals surface area contributed by atoms with Crippen LogP contribution < -0.4 is 10.1 Å². The average Bonchev–Trinajstić information content (AvgIpc) is 2.90. The molecule has 0 bridgehead atoms. The number of amides is 1. The van der Waals surface area contributed by atoms with Crippen LogP contribution in [-0.2, 0) is 11.2 Å². The zero-order valence-electron chi connectivity index (χ0n) is 9.88. The van der Waals surface area contributed by atoms with Crippen LogP contribution in [0.5, 0.6) is 5.75 Å². The third-order valence-corrected chi connectivity index (χ3v) is 2.40. The molecule has 0 aliphatic carbocycles. The van der Waals surface area contributed by atoms with Gasteiger partial charge in [0.25, 0.3) is 5.95 Å². The zero-order chi connectivity index (χ0) is 12.8. The summed E-state index contributed by atoms with van der Waals surface area (Å²) in [6, 6.07) is 7.60. The number of benzene rings is 1. The molecular formula is C11H13N5O2. The fourth-order valence-corrected chi connectivity index (χ4v) is 1.45. The van der Waals surface area contributed by atoms with Crippen molar-refractivity contribution in [3.05, 3.63) is 29.8 Å². The number of tetrazole rings is 1. The molecule has 2 aromatic rings. The van der Waals surface area contributed by atoms with Gasteiger partial charge in [-0.15, -0.1) is 5.10 Å². The molecule has 1 aromatic carbocycles. The number of methoxy groups -OCH3 is 1. The number of rotatable bonds is 5. The molecule has 0 saturated carbocycles. The van der Waals surface area contributed by atoms with Crippen LogP contribution in [0.2, 0.25) is 0 Å². The van der Waals surface area contributed by atoms with E-state index in [2.05, 4.69) is 25.9 Å². The standard InChI is InChI=1S/C11H13N5O2/c1-18-9-5-2-8(3-6-9)4-7-10(17)12-11-13-15-16-14-11/h2-3,5-6H,4,7H2,1H3,(H2,12,13,14,15,16,17). The maximum absolute atomic E-state index is 11.5. The topological polar surface area (TPSA) is 92.8 Å². The lowest BCUT2D eigenvalue weighted by Crippen LogP contribution is -2.13. The zero-order valence-corrected chi connectivity index (χ0v) is 9.88. The second-order valence-corrected chi connectivity index (χ2v) is 3.63. The molecule has 1 aromatic heterocycles. The summed E-state index contributed by atoms with van der Waals surface area (Å²) in [7, 11) is 1.62. The highest BCUT2D eigenvalue weighted by Crippen LogP contribution is 2.12. The highest BCUT2D eigenvalue weighted by atomic mass is 16.5. The summed E-state index contributed by atoms with van der Waals surface area (Å²) in [6.45, 7) is 0. The predicted molar refractivity (Wildman–Crippen MR) is 64.1 cm³/mol. The summed E-state index contributed by atoms with van der Waals surface area (Å²) in [5, 5.41) is 15.4. The summed E-state index contributed by atoms with van der Waals surface area (Å²) < 4.78 is 5.06. The van der Waals surface area contributed by atoms with Gasteiger partial charge in [-0.2, -0.15) is 5.21 Å². The summed E-state index contributed by atoms with van der Waals surface area (Å²) >= 11 is 0.